The number of hydrogen-bond acceptors (Lipinski definition) is 5. The number of hydrogen-bond donors (Lipinski definition) is 2. The Hall–Kier alpha value is -4.34. The molecule has 1 heterocycles. The zero-order valence-corrected chi connectivity index (χ0v) is 21.1. The lowest BCUT2D eigenvalue weighted by atomic mass is 10.1. The highest BCUT2D eigenvalue weighted by Crippen LogP contribution is 2.32. The number of oxazole rings is 1. The van der Waals surface area contributed by atoms with Gasteiger partial charge in [0.15, 0.2) is 22.3 Å². The largest absolute Gasteiger partial charge is 0.489 e. The minimum atomic E-state index is -1.06. The predicted molar refractivity (Wildman–Crippen MR) is 145 cm³/mol. The van der Waals surface area contributed by atoms with E-state index in [2.05, 4.69) is 15.6 Å². The van der Waals surface area contributed by atoms with Gasteiger partial charge in [-0.25, -0.2) is 13.8 Å². The molecule has 0 atom stereocenters. The third-order valence-corrected chi connectivity index (χ3v) is 5.99. The lowest BCUT2D eigenvalue weighted by Crippen LogP contribution is -2.34. The number of rotatable bonds is 6. The number of halogens is 3. The highest BCUT2D eigenvalue weighted by atomic mass is 35.5. The van der Waals surface area contributed by atoms with E-state index in [1.807, 2.05) is 42.5 Å². The minimum Gasteiger partial charge on any atom is -0.489 e. The zero-order valence-electron chi connectivity index (χ0n) is 19.5. The molecule has 5 rings (SSSR count). The number of fused-ring (bicyclic) bond motifs is 1. The summed E-state index contributed by atoms with van der Waals surface area (Å²) in [6, 6.07) is 23.2. The second kappa shape index (κ2) is 11.0. The van der Waals surface area contributed by atoms with Crippen LogP contribution in [0.4, 0.5) is 14.5 Å². The lowest BCUT2D eigenvalue weighted by molar-refractivity contribution is 0.0977. The molecule has 38 heavy (non-hydrogen) atoms. The number of nitrogens with zero attached hydrogens (tertiary/aromatic N) is 1. The van der Waals surface area contributed by atoms with Crippen LogP contribution in [0.1, 0.15) is 15.9 Å². The molecule has 0 saturated carbocycles. The molecule has 4 aromatic carbocycles. The highest BCUT2D eigenvalue weighted by molar-refractivity contribution is 7.80. The summed E-state index contributed by atoms with van der Waals surface area (Å²) < 4.78 is 38.4. The number of carbonyl (C=O) groups excluding carboxylic acids is 1. The summed E-state index contributed by atoms with van der Waals surface area (Å²) in [4.78, 5) is 16.9. The first-order valence-electron chi connectivity index (χ1n) is 11.3. The van der Waals surface area contributed by atoms with Crippen molar-refractivity contribution in [2.45, 2.75) is 6.61 Å². The highest BCUT2D eigenvalue weighted by Gasteiger charge is 2.16. The molecule has 0 fully saturated rings. The fourth-order valence-electron chi connectivity index (χ4n) is 3.58. The molecule has 0 aliphatic rings. The van der Waals surface area contributed by atoms with Crippen LogP contribution in [-0.2, 0) is 6.61 Å². The molecule has 0 saturated heterocycles. The molecule has 0 aliphatic carbocycles. The number of anilines is 1. The van der Waals surface area contributed by atoms with E-state index in [0.717, 1.165) is 23.4 Å². The maximum atomic E-state index is 13.7. The quantitative estimate of drug-likeness (QED) is 0.173. The number of thiocarbonyl (C=S) groups is 1. The topological polar surface area (TPSA) is 76.4 Å². The molecule has 1 amide bonds. The summed E-state index contributed by atoms with van der Waals surface area (Å²) in [5, 5.41) is 5.60. The Morgan fingerprint density at radius 2 is 1.71 bits per heavy atom. The van der Waals surface area contributed by atoms with Crippen molar-refractivity contribution in [2.24, 2.45) is 0 Å². The molecule has 5 aromatic rings. The smallest absolute Gasteiger partial charge is 0.257 e. The molecular weight excluding hydrogens is 532 g/mol. The zero-order chi connectivity index (χ0) is 26.6. The van der Waals surface area contributed by atoms with Crippen LogP contribution in [0.5, 0.6) is 5.75 Å². The van der Waals surface area contributed by atoms with E-state index in [9.17, 15) is 13.6 Å². The van der Waals surface area contributed by atoms with E-state index < -0.39 is 11.6 Å². The first-order valence-corrected chi connectivity index (χ1v) is 12.1. The van der Waals surface area contributed by atoms with Crippen LogP contribution in [0.15, 0.2) is 89.3 Å². The maximum Gasteiger partial charge on any atom is 0.257 e. The first-order chi connectivity index (χ1) is 18.4. The van der Waals surface area contributed by atoms with Crippen molar-refractivity contribution in [3.8, 4) is 17.2 Å². The van der Waals surface area contributed by atoms with Gasteiger partial charge in [0.05, 0.1) is 10.6 Å². The average Bonchev–Trinajstić information content (AvgIpc) is 3.33. The number of nitrogens with one attached hydrogen (secondary N) is 2. The Bertz CT molecular complexity index is 1640. The monoisotopic (exact) mass is 549 g/mol. The normalized spacial score (nSPS) is 10.8. The van der Waals surface area contributed by atoms with Crippen LogP contribution >= 0.6 is 23.8 Å². The Morgan fingerprint density at radius 1 is 0.974 bits per heavy atom. The summed E-state index contributed by atoms with van der Waals surface area (Å²) in [5.74, 6) is -1.71. The van der Waals surface area contributed by atoms with Crippen LogP contribution in [0.25, 0.3) is 22.6 Å². The number of benzene rings is 4. The number of carbonyl (C=O) groups is 1. The van der Waals surface area contributed by atoms with Gasteiger partial charge in [0.1, 0.15) is 17.9 Å². The fraction of sp³-hybridized carbons (Fsp3) is 0.0357. The van der Waals surface area contributed by atoms with Gasteiger partial charge in [-0.3, -0.25) is 10.1 Å². The van der Waals surface area contributed by atoms with Crippen LogP contribution in [-0.4, -0.2) is 16.0 Å². The third kappa shape index (κ3) is 5.80. The van der Waals surface area contributed by atoms with Crippen molar-refractivity contribution >= 4 is 51.6 Å². The van der Waals surface area contributed by atoms with E-state index in [-0.39, 0.29) is 27.5 Å². The van der Waals surface area contributed by atoms with Gasteiger partial charge in [0.2, 0.25) is 5.89 Å². The third-order valence-electron chi connectivity index (χ3n) is 5.48. The van der Waals surface area contributed by atoms with Gasteiger partial charge in [-0.1, -0.05) is 41.9 Å². The average molecular weight is 550 g/mol. The van der Waals surface area contributed by atoms with Crippen LogP contribution in [0, 0.1) is 11.6 Å². The van der Waals surface area contributed by atoms with Crippen molar-refractivity contribution in [3.63, 3.8) is 0 Å². The molecule has 190 valence electrons. The fourth-order valence-corrected chi connectivity index (χ4v) is 4.02. The van der Waals surface area contributed by atoms with E-state index in [1.165, 1.54) is 0 Å². The van der Waals surface area contributed by atoms with Crippen molar-refractivity contribution in [1.82, 2.24) is 10.3 Å². The Morgan fingerprint density at radius 3 is 2.47 bits per heavy atom. The molecule has 2 N–H and O–H groups in total. The van der Waals surface area contributed by atoms with Gasteiger partial charge >= 0.3 is 0 Å². The predicted octanol–water partition coefficient (Wildman–Crippen LogP) is 7.13. The molecule has 1 aromatic heterocycles. The second-order valence-electron chi connectivity index (χ2n) is 8.15. The maximum absolute atomic E-state index is 13.7. The van der Waals surface area contributed by atoms with E-state index in [1.54, 1.807) is 30.3 Å². The summed E-state index contributed by atoms with van der Waals surface area (Å²) in [6.45, 7) is 0.375. The molecule has 0 spiro atoms. The summed E-state index contributed by atoms with van der Waals surface area (Å²) >= 11 is 11.3. The van der Waals surface area contributed by atoms with E-state index in [4.69, 9.17) is 33.0 Å². The second-order valence-corrected chi connectivity index (χ2v) is 8.97. The van der Waals surface area contributed by atoms with E-state index in [0.29, 0.717) is 29.0 Å². The van der Waals surface area contributed by atoms with Gasteiger partial charge in [-0.05, 0) is 72.4 Å². The minimum absolute atomic E-state index is 0.0329. The molecular formula is C28H18ClF2N3O3S. The summed E-state index contributed by atoms with van der Waals surface area (Å²) in [5.41, 5.74) is 2.82. The molecule has 0 aliphatic heterocycles. The van der Waals surface area contributed by atoms with Gasteiger partial charge in [0, 0.05) is 11.3 Å². The molecule has 0 unspecified atom stereocenters. The Balaban J connectivity index is 1.21. The van der Waals surface area contributed by atoms with Gasteiger partial charge < -0.3 is 14.5 Å². The van der Waals surface area contributed by atoms with Gasteiger partial charge in [-0.2, -0.15) is 0 Å². The molecule has 0 bridgehead atoms. The molecule has 6 nitrogen and oxygen atoms in total. The Labute approximate surface area is 226 Å². The lowest BCUT2D eigenvalue weighted by Gasteiger charge is -2.10. The Kier molecular flexibility index (Phi) is 7.30. The number of amides is 1. The number of para-hydroxylation sites is 1. The summed E-state index contributed by atoms with van der Waals surface area (Å²) in [7, 11) is 0. The van der Waals surface area contributed by atoms with Crippen molar-refractivity contribution < 1.29 is 22.7 Å². The summed E-state index contributed by atoms with van der Waals surface area (Å²) in [6.07, 6.45) is 0. The van der Waals surface area contributed by atoms with E-state index >= 15 is 0 Å². The van der Waals surface area contributed by atoms with Crippen molar-refractivity contribution in [2.75, 3.05) is 5.32 Å². The van der Waals surface area contributed by atoms with Crippen molar-refractivity contribution in [1.29, 1.82) is 0 Å². The van der Waals surface area contributed by atoms with Crippen LogP contribution in [0.2, 0.25) is 5.02 Å². The molecule has 0 radical (unpaired) electrons. The van der Waals surface area contributed by atoms with Gasteiger partial charge in [-0.15, -0.1) is 0 Å². The SMILES string of the molecule is O=C(NC(=S)Nc1ccc2oc(-c3cc(F)c(F)cc3Cl)nc2c1)c1ccc(COc2ccccc2)cc1. The van der Waals surface area contributed by atoms with Gasteiger partial charge in [0.25, 0.3) is 5.91 Å². The van der Waals surface area contributed by atoms with Crippen molar-refractivity contribution in [3.05, 3.63) is 113 Å². The first kappa shape index (κ1) is 25.3. The number of aromatic nitrogens is 1. The van der Waals surface area contributed by atoms with Crippen LogP contribution < -0.4 is 15.4 Å². The number of ether oxygens (including phenoxy) is 1. The molecule has 10 heteroatoms. The standard InChI is InChI=1S/C28H18ClF2N3O3S/c29-21-14-23(31)22(30)13-20(21)27-33-24-12-18(10-11-25(24)37-27)32-28(38)34-26(35)17-8-6-16(7-9-17)15-36-19-4-2-1-3-5-19/h1-14H,15H2,(H2,32,34,35,38). The van der Waals surface area contributed by atoms with Crippen LogP contribution in [0.3, 0.4) is 0 Å².